The number of hydrogen-bond donors (Lipinski definition) is 0. The Labute approximate surface area is 87.6 Å². The van der Waals surface area contributed by atoms with Gasteiger partial charge in [0.25, 0.3) is 0 Å². The average Bonchev–Trinajstić information content (AvgIpc) is 2.17. The highest BCUT2D eigenvalue weighted by Gasteiger charge is 2.11. The van der Waals surface area contributed by atoms with Crippen molar-refractivity contribution in [2.24, 2.45) is 0 Å². The molecule has 1 aromatic rings. The quantitative estimate of drug-likeness (QED) is 0.659. The third kappa shape index (κ3) is 2.14. The number of rotatable bonds is 1. The van der Waals surface area contributed by atoms with E-state index in [1.165, 1.54) is 42.5 Å². The molecule has 1 aliphatic rings. The van der Waals surface area contributed by atoms with E-state index >= 15 is 0 Å². The van der Waals surface area contributed by atoms with E-state index in [2.05, 4.69) is 31.1 Å². The van der Waals surface area contributed by atoms with E-state index in [1.54, 1.807) is 0 Å². The maximum absolute atomic E-state index is 4.54. The summed E-state index contributed by atoms with van der Waals surface area (Å²) in [5.74, 6) is 0.611. The molecule has 1 aliphatic carbocycles. The van der Waals surface area contributed by atoms with Crippen LogP contribution in [0.1, 0.15) is 56.9 Å². The molecule has 0 aromatic carbocycles. The standard InChI is InChI=1S/C12H17N.CH4/c1-9(2)11-7-10-5-3-4-6-12(10)13-8-11;/h7-9H,3-6H2,1-2H3;1H4. The summed E-state index contributed by atoms with van der Waals surface area (Å²) in [5.41, 5.74) is 4.23. The minimum absolute atomic E-state index is 0. The van der Waals surface area contributed by atoms with Crippen LogP contribution in [-0.2, 0) is 12.8 Å². The lowest BCUT2D eigenvalue weighted by atomic mass is 9.93. The Hall–Kier alpha value is -0.850. The predicted octanol–water partition coefficient (Wildman–Crippen LogP) is 3.72. The largest absolute Gasteiger partial charge is 0.261 e. The van der Waals surface area contributed by atoms with Gasteiger partial charge in [0, 0.05) is 11.9 Å². The van der Waals surface area contributed by atoms with Crippen molar-refractivity contribution in [3.05, 3.63) is 29.1 Å². The Bertz CT molecular complexity index is 302. The van der Waals surface area contributed by atoms with Gasteiger partial charge in [-0.3, -0.25) is 4.98 Å². The molecule has 0 spiro atoms. The van der Waals surface area contributed by atoms with E-state index in [-0.39, 0.29) is 7.43 Å². The van der Waals surface area contributed by atoms with E-state index in [1.807, 2.05) is 0 Å². The smallest absolute Gasteiger partial charge is 0.0435 e. The van der Waals surface area contributed by atoms with Crippen LogP contribution in [0.2, 0.25) is 0 Å². The number of fused-ring (bicyclic) bond motifs is 1. The lowest BCUT2D eigenvalue weighted by Gasteiger charge is -2.16. The molecule has 0 saturated heterocycles. The molecule has 0 unspecified atom stereocenters. The Morgan fingerprint density at radius 3 is 2.64 bits per heavy atom. The summed E-state index contributed by atoms with van der Waals surface area (Å²) < 4.78 is 0. The minimum Gasteiger partial charge on any atom is -0.261 e. The van der Waals surface area contributed by atoms with Crippen LogP contribution in [0.4, 0.5) is 0 Å². The van der Waals surface area contributed by atoms with Gasteiger partial charge in [-0.2, -0.15) is 0 Å². The molecule has 78 valence electrons. The molecule has 1 heterocycles. The molecule has 0 saturated carbocycles. The lowest BCUT2D eigenvalue weighted by molar-refractivity contribution is 0.663. The van der Waals surface area contributed by atoms with E-state index in [0.717, 1.165) is 0 Å². The van der Waals surface area contributed by atoms with Crippen LogP contribution in [0, 0.1) is 0 Å². The van der Waals surface area contributed by atoms with E-state index < -0.39 is 0 Å². The van der Waals surface area contributed by atoms with Gasteiger partial charge in [0.15, 0.2) is 0 Å². The SMILES string of the molecule is C.CC(C)c1cnc2c(c1)CCCC2. The van der Waals surface area contributed by atoms with Crippen molar-refractivity contribution in [3.8, 4) is 0 Å². The zero-order valence-corrected chi connectivity index (χ0v) is 8.51. The van der Waals surface area contributed by atoms with Gasteiger partial charge >= 0.3 is 0 Å². The van der Waals surface area contributed by atoms with Gasteiger partial charge < -0.3 is 0 Å². The van der Waals surface area contributed by atoms with Crippen LogP contribution in [0.5, 0.6) is 0 Å². The Morgan fingerprint density at radius 1 is 1.21 bits per heavy atom. The molecule has 14 heavy (non-hydrogen) atoms. The molecule has 0 N–H and O–H groups in total. The first-order valence-corrected chi connectivity index (χ1v) is 5.25. The van der Waals surface area contributed by atoms with Crippen LogP contribution in [0.3, 0.4) is 0 Å². The summed E-state index contributed by atoms with van der Waals surface area (Å²) in [5, 5.41) is 0. The summed E-state index contributed by atoms with van der Waals surface area (Å²) in [7, 11) is 0. The molecule has 0 aliphatic heterocycles. The normalized spacial score (nSPS) is 14.8. The fourth-order valence-corrected chi connectivity index (χ4v) is 1.92. The third-order valence-electron chi connectivity index (χ3n) is 2.86. The third-order valence-corrected chi connectivity index (χ3v) is 2.86. The first-order valence-electron chi connectivity index (χ1n) is 5.25. The second kappa shape index (κ2) is 4.59. The molecule has 0 bridgehead atoms. The molecule has 1 heteroatoms. The molecule has 0 atom stereocenters. The summed E-state index contributed by atoms with van der Waals surface area (Å²) in [6.45, 7) is 4.46. The van der Waals surface area contributed by atoms with Crippen molar-refractivity contribution in [1.29, 1.82) is 0 Å². The highest BCUT2D eigenvalue weighted by atomic mass is 14.7. The second-order valence-electron chi connectivity index (χ2n) is 4.24. The molecule has 1 nitrogen and oxygen atoms in total. The zero-order chi connectivity index (χ0) is 9.26. The van der Waals surface area contributed by atoms with E-state index in [0.29, 0.717) is 5.92 Å². The summed E-state index contributed by atoms with van der Waals surface area (Å²) in [6.07, 6.45) is 7.14. The van der Waals surface area contributed by atoms with Gasteiger partial charge in [0.2, 0.25) is 0 Å². The first kappa shape index (κ1) is 11.2. The van der Waals surface area contributed by atoms with Crippen LogP contribution in [0.15, 0.2) is 12.3 Å². The van der Waals surface area contributed by atoms with Crippen molar-refractivity contribution in [2.45, 2.75) is 52.9 Å². The van der Waals surface area contributed by atoms with Crippen molar-refractivity contribution in [2.75, 3.05) is 0 Å². The van der Waals surface area contributed by atoms with Gasteiger partial charge in [0.05, 0.1) is 0 Å². The number of pyridine rings is 1. The van der Waals surface area contributed by atoms with Crippen LogP contribution in [-0.4, -0.2) is 4.98 Å². The molecule has 0 radical (unpaired) electrons. The topological polar surface area (TPSA) is 12.9 Å². The van der Waals surface area contributed by atoms with Crippen LogP contribution >= 0.6 is 0 Å². The number of hydrogen-bond acceptors (Lipinski definition) is 1. The maximum atomic E-state index is 4.54. The van der Waals surface area contributed by atoms with Gasteiger partial charge in [-0.25, -0.2) is 0 Å². The van der Waals surface area contributed by atoms with E-state index in [4.69, 9.17) is 0 Å². The molecule has 2 rings (SSSR count). The van der Waals surface area contributed by atoms with Crippen molar-refractivity contribution < 1.29 is 0 Å². The Kier molecular flexibility index (Phi) is 3.68. The predicted molar refractivity (Wildman–Crippen MR) is 61.7 cm³/mol. The lowest BCUT2D eigenvalue weighted by Crippen LogP contribution is -2.06. The highest BCUT2D eigenvalue weighted by Crippen LogP contribution is 2.22. The van der Waals surface area contributed by atoms with Crippen molar-refractivity contribution >= 4 is 0 Å². The number of aromatic nitrogens is 1. The Morgan fingerprint density at radius 2 is 1.93 bits per heavy atom. The first-order chi connectivity index (χ1) is 6.27. The minimum atomic E-state index is 0. The van der Waals surface area contributed by atoms with Crippen LogP contribution < -0.4 is 0 Å². The summed E-state index contributed by atoms with van der Waals surface area (Å²) >= 11 is 0. The number of aryl methyl sites for hydroxylation is 2. The van der Waals surface area contributed by atoms with E-state index in [9.17, 15) is 0 Å². The highest BCUT2D eigenvalue weighted by molar-refractivity contribution is 5.28. The van der Waals surface area contributed by atoms with Crippen LogP contribution in [0.25, 0.3) is 0 Å². The molecule has 0 fully saturated rings. The average molecular weight is 191 g/mol. The summed E-state index contributed by atoms with van der Waals surface area (Å²) in [6, 6.07) is 2.35. The monoisotopic (exact) mass is 191 g/mol. The Balaban J connectivity index is 0.000000980. The second-order valence-corrected chi connectivity index (χ2v) is 4.24. The van der Waals surface area contributed by atoms with Gasteiger partial charge in [0.1, 0.15) is 0 Å². The fourth-order valence-electron chi connectivity index (χ4n) is 1.92. The summed E-state index contributed by atoms with van der Waals surface area (Å²) in [4.78, 5) is 4.54. The fraction of sp³-hybridized carbons (Fsp3) is 0.615. The molecular formula is C13H21N. The van der Waals surface area contributed by atoms with Gasteiger partial charge in [-0.15, -0.1) is 0 Å². The van der Waals surface area contributed by atoms with Gasteiger partial charge in [-0.05, 0) is 42.7 Å². The van der Waals surface area contributed by atoms with Crippen molar-refractivity contribution in [1.82, 2.24) is 4.98 Å². The van der Waals surface area contributed by atoms with Gasteiger partial charge in [-0.1, -0.05) is 27.3 Å². The molecular weight excluding hydrogens is 170 g/mol. The maximum Gasteiger partial charge on any atom is 0.0435 e. The molecule has 1 aromatic heterocycles. The molecule has 0 amide bonds. The number of nitrogens with zero attached hydrogens (tertiary/aromatic N) is 1. The zero-order valence-electron chi connectivity index (χ0n) is 8.51. The van der Waals surface area contributed by atoms with Crippen molar-refractivity contribution in [3.63, 3.8) is 0 Å².